The smallest absolute Gasteiger partial charge is 0.408 e. The van der Waals surface area contributed by atoms with Gasteiger partial charge in [0.15, 0.2) is 0 Å². The third kappa shape index (κ3) is 8.99. The van der Waals surface area contributed by atoms with Gasteiger partial charge in [-0.15, -0.1) is 0 Å². The van der Waals surface area contributed by atoms with Gasteiger partial charge in [-0.05, 0) is 40.2 Å². The van der Waals surface area contributed by atoms with Crippen molar-refractivity contribution in [2.75, 3.05) is 7.05 Å². The molecule has 3 atom stereocenters. The number of phenolic OH excluding ortho intramolecular Hbond substituents is 1. The molecule has 0 saturated carbocycles. The van der Waals surface area contributed by atoms with E-state index < -0.39 is 47.9 Å². The average Bonchev–Trinajstić information content (AvgIpc) is 2.66. The van der Waals surface area contributed by atoms with E-state index in [-0.39, 0.29) is 17.4 Å². The summed E-state index contributed by atoms with van der Waals surface area (Å²) in [6.07, 6.45) is 0.166. The third-order valence-corrected chi connectivity index (χ3v) is 4.72. The molecule has 3 unspecified atom stereocenters. The van der Waals surface area contributed by atoms with E-state index in [0.717, 1.165) is 17.7 Å². The minimum Gasteiger partial charge on any atom is -0.508 e. The van der Waals surface area contributed by atoms with Crippen molar-refractivity contribution in [3.05, 3.63) is 29.8 Å². The number of likely N-dealkylation sites (N-methyl/N-ethyl adjacent to an activating group) is 1. The Bertz CT molecular complexity index is 852. The Labute approximate surface area is 194 Å². The Morgan fingerprint density at radius 2 is 1.76 bits per heavy atom. The second kappa shape index (κ2) is 12.1. The lowest BCUT2D eigenvalue weighted by Crippen LogP contribution is -2.53. The van der Waals surface area contributed by atoms with E-state index in [1.807, 2.05) is 13.8 Å². The summed E-state index contributed by atoms with van der Waals surface area (Å²) in [5.74, 6) is -2.25. The fourth-order valence-corrected chi connectivity index (χ4v) is 3.30. The Morgan fingerprint density at radius 1 is 1.15 bits per heavy atom. The van der Waals surface area contributed by atoms with Crippen LogP contribution in [0.2, 0.25) is 0 Å². The number of benzene rings is 1. The standard InChI is InChI=1S/C23H36N4O6/c1-7-10-14(2)25-20(30)19(15-11-8-9-12-17(15)28)27(6)21(31)16(13-18(24)29)26-22(32)33-23(3,4)5/h8-9,11-12,14,16,19,28H,7,10,13H2,1-6H3,(H2,24,29)(H,25,30)(H,26,32). The van der Waals surface area contributed by atoms with Crippen molar-refractivity contribution in [3.8, 4) is 5.75 Å². The van der Waals surface area contributed by atoms with Gasteiger partial charge < -0.3 is 31.1 Å². The first kappa shape index (κ1) is 27.7. The second-order valence-corrected chi connectivity index (χ2v) is 8.98. The Kier molecular flexibility index (Phi) is 10.2. The van der Waals surface area contributed by atoms with Crippen molar-refractivity contribution in [2.24, 2.45) is 5.73 Å². The quantitative estimate of drug-likeness (QED) is 0.415. The molecule has 0 aliphatic heterocycles. The molecule has 1 rings (SSSR count). The van der Waals surface area contributed by atoms with E-state index in [9.17, 15) is 24.3 Å². The first-order valence-electron chi connectivity index (χ1n) is 10.9. The molecule has 10 nitrogen and oxygen atoms in total. The summed E-state index contributed by atoms with van der Waals surface area (Å²) in [5.41, 5.74) is 4.65. The van der Waals surface area contributed by atoms with Crippen LogP contribution in [-0.2, 0) is 19.1 Å². The van der Waals surface area contributed by atoms with Gasteiger partial charge in [-0.1, -0.05) is 31.5 Å². The molecule has 0 bridgehead atoms. The second-order valence-electron chi connectivity index (χ2n) is 8.98. The minimum atomic E-state index is -1.36. The topological polar surface area (TPSA) is 151 Å². The summed E-state index contributed by atoms with van der Waals surface area (Å²) in [5, 5.41) is 15.6. The zero-order valence-electron chi connectivity index (χ0n) is 20.2. The number of carbonyl (C=O) groups excluding carboxylic acids is 4. The number of hydrogen-bond donors (Lipinski definition) is 4. The number of rotatable bonds is 10. The number of para-hydroxylation sites is 1. The summed E-state index contributed by atoms with van der Waals surface area (Å²) in [7, 11) is 1.36. The number of aromatic hydroxyl groups is 1. The maximum Gasteiger partial charge on any atom is 0.408 e. The highest BCUT2D eigenvalue weighted by molar-refractivity contribution is 5.94. The minimum absolute atomic E-state index is 0.166. The van der Waals surface area contributed by atoms with Crippen LogP contribution < -0.4 is 16.4 Å². The van der Waals surface area contributed by atoms with Crippen molar-refractivity contribution in [3.63, 3.8) is 0 Å². The zero-order valence-corrected chi connectivity index (χ0v) is 20.2. The third-order valence-electron chi connectivity index (χ3n) is 4.72. The molecule has 0 radical (unpaired) electrons. The molecule has 0 heterocycles. The van der Waals surface area contributed by atoms with E-state index in [4.69, 9.17) is 10.5 Å². The molecule has 0 spiro atoms. The van der Waals surface area contributed by atoms with Crippen molar-refractivity contribution in [2.45, 2.75) is 77.6 Å². The number of phenols is 1. The predicted octanol–water partition coefficient (Wildman–Crippen LogP) is 1.97. The van der Waals surface area contributed by atoms with Crippen LogP contribution >= 0.6 is 0 Å². The van der Waals surface area contributed by atoms with Crippen LogP contribution in [0.25, 0.3) is 0 Å². The van der Waals surface area contributed by atoms with Gasteiger partial charge in [-0.25, -0.2) is 4.79 Å². The molecule has 184 valence electrons. The zero-order chi connectivity index (χ0) is 25.3. The highest BCUT2D eigenvalue weighted by Crippen LogP contribution is 2.29. The van der Waals surface area contributed by atoms with Gasteiger partial charge in [0.2, 0.25) is 17.7 Å². The van der Waals surface area contributed by atoms with Crippen molar-refractivity contribution in [1.29, 1.82) is 0 Å². The molecule has 33 heavy (non-hydrogen) atoms. The normalized spacial score (nSPS) is 13.9. The monoisotopic (exact) mass is 464 g/mol. The number of carbonyl (C=O) groups is 4. The highest BCUT2D eigenvalue weighted by Gasteiger charge is 2.36. The van der Waals surface area contributed by atoms with E-state index in [1.54, 1.807) is 32.9 Å². The first-order chi connectivity index (χ1) is 15.3. The number of primary amides is 1. The number of ether oxygens (including phenoxy) is 1. The Morgan fingerprint density at radius 3 is 2.27 bits per heavy atom. The maximum absolute atomic E-state index is 13.3. The van der Waals surface area contributed by atoms with Crippen molar-refractivity contribution >= 4 is 23.8 Å². The van der Waals surface area contributed by atoms with E-state index >= 15 is 0 Å². The predicted molar refractivity (Wildman–Crippen MR) is 123 cm³/mol. The fraction of sp³-hybridized carbons (Fsp3) is 0.565. The van der Waals surface area contributed by atoms with Crippen LogP contribution in [0.1, 0.15) is 65.5 Å². The molecule has 0 aliphatic carbocycles. The molecule has 0 saturated heterocycles. The number of amides is 4. The van der Waals surface area contributed by atoms with E-state index in [0.29, 0.717) is 0 Å². The Balaban J connectivity index is 3.27. The van der Waals surface area contributed by atoms with E-state index in [1.165, 1.54) is 19.2 Å². The summed E-state index contributed by atoms with van der Waals surface area (Å²) in [6, 6.07) is 3.41. The van der Waals surface area contributed by atoms with Crippen LogP contribution in [0, 0.1) is 0 Å². The summed E-state index contributed by atoms with van der Waals surface area (Å²) in [6.45, 7) is 8.78. The van der Waals surface area contributed by atoms with E-state index in [2.05, 4.69) is 10.6 Å². The van der Waals surface area contributed by atoms with Crippen LogP contribution in [-0.4, -0.2) is 58.6 Å². The van der Waals surface area contributed by atoms with Crippen molar-refractivity contribution in [1.82, 2.24) is 15.5 Å². The number of alkyl carbamates (subject to hydrolysis) is 1. The van der Waals surface area contributed by atoms with Gasteiger partial charge in [0.05, 0.1) is 6.42 Å². The van der Waals surface area contributed by atoms with Gasteiger partial charge in [-0.3, -0.25) is 14.4 Å². The van der Waals surface area contributed by atoms with Gasteiger partial charge >= 0.3 is 6.09 Å². The molecule has 4 amide bonds. The number of nitrogens with two attached hydrogens (primary N) is 1. The first-order valence-corrected chi connectivity index (χ1v) is 10.9. The van der Waals surface area contributed by atoms with Gasteiger partial charge in [-0.2, -0.15) is 0 Å². The lowest BCUT2D eigenvalue weighted by Gasteiger charge is -2.32. The molecular formula is C23H36N4O6. The molecule has 5 N–H and O–H groups in total. The van der Waals surface area contributed by atoms with Crippen LogP contribution in [0.3, 0.4) is 0 Å². The van der Waals surface area contributed by atoms with Crippen LogP contribution in [0.5, 0.6) is 5.75 Å². The van der Waals surface area contributed by atoms with Crippen LogP contribution in [0.15, 0.2) is 24.3 Å². The number of nitrogens with one attached hydrogen (secondary N) is 2. The molecule has 1 aromatic carbocycles. The molecular weight excluding hydrogens is 428 g/mol. The average molecular weight is 465 g/mol. The van der Waals surface area contributed by atoms with Crippen molar-refractivity contribution < 1.29 is 29.0 Å². The summed E-state index contributed by atoms with van der Waals surface area (Å²) >= 11 is 0. The lowest BCUT2D eigenvalue weighted by atomic mass is 10.0. The Hall–Kier alpha value is -3.30. The largest absolute Gasteiger partial charge is 0.508 e. The summed E-state index contributed by atoms with van der Waals surface area (Å²) < 4.78 is 5.18. The molecule has 0 aromatic heterocycles. The molecule has 0 fully saturated rings. The van der Waals surface area contributed by atoms with Gasteiger partial charge in [0, 0.05) is 18.7 Å². The number of nitrogens with zero attached hydrogens (tertiary/aromatic N) is 1. The van der Waals surface area contributed by atoms with Crippen LogP contribution in [0.4, 0.5) is 4.79 Å². The summed E-state index contributed by atoms with van der Waals surface area (Å²) in [4.78, 5) is 51.4. The SMILES string of the molecule is CCCC(C)NC(=O)C(c1ccccc1O)N(C)C(=O)C(CC(N)=O)NC(=O)OC(C)(C)C. The van der Waals surface area contributed by atoms with Gasteiger partial charge in [0.25, 0.3) is 0 Å². The van der Waals surface area contributed by atoms with Gasteiger partial charge in [0.1, 0.15) is 23.4 Å². The number of hydrogen-bond acceptors (Lipinski definition) is 6. The lowest BCUT2D eigenvalue weighted by molar-refractivity contribution is -0.142. The molecule has 1 aromatic rings. The maximum atomic E-state index is 13.3. The fourth-order valence-electron chi connectivity index (χ4n) is 3.30. The highest BCUT2D eigenvalue weighted by atomic mass is 16.6. The molecule has 10 heteroatoms. The molecule has 0 aliphatic rings.